The van der Waals surface area contributed by atoms with Crippen LogP contribution in [0.3, 0.4) is 0 Å². The van der Waals surface area contributed by atoms with Crippen LogP contribution in [0.15, 0.2) is 12.3 Å². The second-order valence-electron chi connectivity index (χ2n) is 4.19. The molecule has 1 N–H and O–H groups in total. The molecule has 0 aromatic carbocycles. The molecule has 1 aliphatic heterocycles. The Hall–Kier alpha value is -1.89. The van der Waals surface area contributed by atoms with Gasteiger partial charge in [0, 0.05) is 32.1 Å². The van der Waals surface area contributed by atoms with Crippen LogP contribution in [0.25, 0.3) is 0 Å². The van der Waals surface area contributed by atoms with Gasteiger partial charge in [-0.15, -0.1) is 0 Å². The summed E-state index contributed by atoms with van der Waals surface area (Å²) in [6.45, 7) is 1.71. The summed E-state index contributed by atoms with van der Waals surface area (Å²) < 4.78 is 0. The van der Waals surface area contributed by atoms with Gasteiger partial charge in [-0.25, -0.2) is 4.98 Å². The van der Waals surface area contributed by atoms with E-state index in [1.54, 1.807) is 4.90 Å². The Labute approximate surface area is 114 Å². The first-order valence-corrected chi connectivity index (χ1v) is 6.27. The second kappa shape index (κ2) is 5.83. The van der Waals surface area contributed by atoms with Crippen molar-refractivity contribution in [2.24, 2.45) is 0 Å². The topological polar surface area (TPSA) is 88.4 Å². The third-order valence-corrected chi connectivity index (χ3v) is 3.12. The molecular weight excluding hydrogens is 272 g/mol. The molecule has 19 heavy (non-hydrogen) atoms. The van der Waals surface area contributed by atoms with Gasteiger partial charge in [-0.2, -0.15) is 0 Å². The van der Waals surface area contributed by atoms with Gasteiger partial charge in [0.25, 0.3) is 0 Å². The maximum atomic E-state index is 11.4. The number of rotatable bonds is 5. The summed E-state index contributed by atoms with van der Waals surface area (Å²) >= 11 is 5.71. The standard InChI is InChI=1S/C11H13ClN4O3/c12-10-6-8(9(7-14-10)16(18)19)13-3-5-15-4-1-2-11(15)17/h6-7H,1-5H2,(H,13,14). The molecule has 8 heteroatoms. The van der Waals surface area contributed by atoms with Crippen LogP contribution in [0.4, 0.5) is 11.4 Å². The molecule has 7 nitrogen and oxygen atoms in total. The van der Waals surface area contributed by atoms with Crippen molar-refractivity contribution in [3.05, 3.63) is 27.5 Å². The van der Waals surface area contributed by atoms with Gasteiger partial charge < -0.3 is 10.2 Å². The molecule has 1 amide bonds. The zero-order valence-electron chi connectivity index (χ0n) is 10.1. The Bertz CT molecular complexity index is 509. The second-order valence-corrected chi connectivity index (χ2v) is 4.58. The van der Waals surface area contributed by atoms with Gasteiger partial charge in [0.2, 0.25) is 5.91 Å². The number of pyridine rings is 1. The maximum absolute atomic E-state index is 11.4. The Morgan fingerprint density at radius 3 is 3.00 bits per heavy atom. The maximum Gasteiger partial charge on any atom is 0.310 e. The van der Waals surface area contributed by atoms with E-state index in [4.69, 9.17) is 11.6 Å². The fraction of sp³-hybridized carbons (Fsp3) is 0.455. The van der Waals surface area contributed by atoms with Crippen LogP contribution in [0, 0.1) is 10.1 Å². The van der Waals surface area contributed by atoms with Crippen LogP contribution < -0.4 is 5.32 Å². The van der Waals surface area contributed by atoms with Crippen molar-refractivity contribution >= 4 is 28.9 Å². The first-order chi connectivity index (χ1) is 9.08. The molecule has 0 spiro atoms. The number of carbonyl (C=O) groups excluding carboxylic acids is 1. The zero-order valence-corrected chi connectivity index (χ0v) is 10.9. The van der Waals surface area contributed by atoms with E-state index in [9.17, 15) is 14.9 Å². The van der Waals surface area contributed by atoms with Crippen molar-refractivity contribution < 1.29 is 9.72 Å². The van der Waals surface area contributed by atoms with E-state index in [1.165, 1.54) is 6.07 Å². The molecule has 0 aliphatic carbocycles. The molecule has 1 aromatic rings. The highest BCUT2D eigenvalue weighted by atomic mass is 35.5. The number of hydrogen-bond acceptors (Lipinski definition) is 5. The predicted molar refractivity (Wildman–Crippen MR) is 70.2 cm³/mol. The molecule has 2 rings (SSSR count). The normalized spacial score (nSPS) is 14.8. The van der Waals surface area contributed by atoms with Crippen molar-refractivity contribution in [3.8, 4) is 0 Å². The third-order valence-electron chi connectivity index (χ3n) is 2.91. The number of aromatic nitrogens is 1. The van der Waals surface area contributed by atoms with Crippen molar-refractivity contribution in [3.63, 3.8) is 0 Å². The van der Waals surface area contributed by atoms with Crippen LogP contribution in [0.2, 0.25) is 5.15 Å². The van der Waals surface area contributed by atoms with E-state index in [0.717, 1.165) is 19.2 Å². The molecule has 0 atom stereocenters. The number of amides is 1. The number of hydrogen-bond donors (Lipinski definition) is 1. The van der Waals surface area contributed by atoms with Crippen molar-refractivity contribution in [1.82, 2.24) is 9.88 Å². The minimum Gasteiger partial charge on any atom is -0.378 e. The van der Waals surface area contributed by atoms with Crippen molar-refractivity contribution in [1.29, 1.82) is 0 Å². The Kier molecular flexibility index (Phi) is 4.16. The molecule has 0 bridgehead atoms. The summed E-state index contributed by atoms with van der Waals surface area (Å²) in [4.78, 5) is 27.1. The number of likely N-dealkylation sites (tertiary alicyclic amines) is 1. The van der Waals surface area contributed by atoms with Gasteiger partial charge in [-0.1, -0.05) is 11.6 Å². The molecule has 0 unspecified atom stereocenters. The summed E-state index contributed by atoms with van der Waals surface area (Å²) in [6.07, 6.45) is 2.58. The highest BCUT2D eigenvalue weighted by Crippen LogP contribution is 2.25. The van der Waals surface area contributed by atoms with Gasteiger partial charge in [0.05, 0.1) is 4.92 Å². The van der Waals surface area contributed by atoms with Crippen LogP contribution in [0.1, 0.15) is 12.8 Å². The first-order valence-electron chi connectivity index (χ1n) is 5.89. The molecule has 2 heterocycles. The molecule has 1 aromatic heterocycles. The monoisotopic (exact) mass is 284 g/mol. The lowest BCUT2D eigenvalue weighted by atomic mass is 10.3. The molecule has 1 aliphatic rings. The summed E-state index contributed by atoms with van der Waals surface area (Å²) in [5.41, 5.74) is 0.189. The Morgan fingerprint density at radius 2 is 2.37 bits per heavy atom. The number of nitro groups is 1. The van der Waals surface area contributed by atoms with Crippen LogP contribution in [-0.4, -0.2) is 40.3 Å². The molecule has 1 saturated heterocycles. The molecule has 1 fully saturated rings. The lowest BCUT2D eigenvalue weighted by Gasteiger charge is -2.16. The number of carbonyl (C=O) groups is 1. The number of halogens is 1. The van der Waals surface area contributed by atoms with E-state index in [0.29, 0.717) is 25.2 Å². The van der Waals surface area contributed by atoms with Crippen LogP contribution in [-0.2, 0) is 4.79 Å². The lowest BCUT2D eigenvalue weighted by Crippen LogP contribution is -2.30. The summed E-state index contributed by atoms with van der Waals surface area (Å²) in [5.74, 6) is 0.129. The van der Waals surface area contributed by atoms with E-state index in [-0.39, 0.29) is 16.7 Å². The summed E-state index contributed by atoms with van der Waals surface area (Å²) in [5, 5.41) is 13.9. The predicted octanol–water partition coefficient (Wildman–Crippen LogP) is 1.68. The quantitative estimate of drug-likeness (QED) is 0.505. The first kappa shape index (κ1) is 13.5. The van der Waals surface area contributed by atoms with Gasteiger partial charge in [0.15, 0.2) is 0 Å². The minimum absolute atomic E-state index is 0.128. The minimum atomic E-state index is -0.521. The fourth-order valence-corrected chi connectivity index (χ4v) is 2.13. The largest absolute Gasteiger partial charge is 0.378 e. The molecule has 0 radical (unpaired) electrons. The highest BCUT2D eigenvalue weighted by molar-refractivity contribution is 6.29. The lowest BCUT2D eigenvalue weighted by molar-refractivity contribution is -0.384. The average Bonchev–Trinajstić information content (AvgIpc) is 2.75. The van der Waals surface area contributed by atoms with Crippen LogP contribution in [0.5, 0.6) is 0 Å². The third kappa shape index (κ3) is 3.31. The van der Waals surface area contributed by atoms with Gasteiger partial charge >= 0.3 is 5.69 Å². The summed E-state index contributed by atoms with van der Waals surface area (Å²) in [7, 11) is 0. The zero-order chi connectivity index (χ0) is 13.8. The molecule has 102 valence electrons. The van der Waals surface area contributed by atoms with Crippen molar-refractivity contribution in [2.75, 3.05) is 25.0 Å². The smallest absolute Gasteiger partial charge is 0.310 e. The Morgan fingerprint density at radius 1 is 1.58 bits per heavy atom. The molecule has 0 saturated carbocycles. The number of anilines is 1. The van der Waals surface area contributed by atoms with E-state index < -0.39 is 4.92 Å². The highest BCUT2D eigenvalue weighted by Gasteiger charge is 2.20. The van der Waals surface area contributed by atoms with Gasteiger partial charge in [-0.05, 0) is 6.42 Å². The van der Waals surface area contributed by atoms with E-state index >= 15 is 0 Å². The SMILES string of the molecule is O=C1CCCN1CCNc1cc(Cl)ncc1[N+](=O)[O-]. The number of nitrogens with zero attached hydrogens (tertiary/aromatic N) is 3. The van der Waals surface area contributed by atoms with E-state index in [1.807, 2.05) is 0 Å². The summed E-state index contributed by atoms with van der Waals surface area (Å²) in [6, 6.07) is 1.41. The van der Waals surface area contributed by atoms with Gasteiger partial charge in [-0.3, -0.25) is 14.9 Å². The Balaban J connectivity index is 1.97. The van der Waals surface area contributed by atoms with Crippen molar-refractivity contribution in [2.45, 2.75) is 12.8 Å². The fourth-order valence-electron chi connectivity index (χ4n) is 1.98. The van der Waals surface area contributed by atoms with Crippen LogP contribution >= 0.6 is 11.6 Å². The van der Waals surface area contributed by atoms with Gasteiger partial charge in [0.1, 0.15) is 17.0 Å². The molecular formula is C11H13ClN4O3. The average molecular weight is 285 g/mol. The van der Waals surface area contributed by atoms with E-state index in [2.05, 4.69) is 10.3 Å². The number of nitrogens with one attached hydrogen (secondary N) is 1.